The highest BCUT2D eigenvalue weighted by molar-refractivity contribution is 8.00. The summed E-state index contributed by atoms with van der Waals surface area (Å²) in [6.07, 6.45) is 2.20. The van der Waals surface area contributed by atoms with E-state index < -0.39 is 0 Å². The number of phenols is 1. The number of anilines is 4. The van der Waals surface area contributed by atoms with Crippen molar-refractivity contribution >= 4 is 41.2 Å². The number of nitrogens with one attached hydrogen (secondary N) is 2. The van der Waals surface area contributed by atoms with Crippen molar-refractivity contribution in [1.82, 2.24) is 9.97 Å². The van der Waals surface area contributed by atoms with Gasteiger partial charge >= 0.3 is 0 Å². The van der Waals surface area contributed by atoms with Gasteiger partial charge in [-0.05, 0) is 36.4 Å². The van der Waals surface area contributed by atoms with Gasteiger partial charge in [0.15, 0.2) is 6.29 Å². The van der Waals surface area contributed by atoms with Crippen LogP contribution in [0.3, 0.4) is 0 Å². The maximum atomic E-state index is 11.4. The Morgan fingerprint density at radius 3 is 2.52 bits per heavy atom. The number of hydrogen-bond acceptors (Lipinski definition) is 7. The lowest BCUT2D eigenvalue weighted by Crippen LogP contribution is -2.05. The number of aldehydes is 1. The zero-order chi connectivity index (χ0) is 19.2. The van der Waals surface area contributed by atoms with Gasteiger partial charge in [0.2, 0.25) is 5.95 Å². The molecule has 7 heteroatoms. The van der Waals surface area contributed by atoms with Crippen LogP contribution in [0.4, 0.5) is 23.1 Å². The number of phenolic OH excluding ortho intramolecular Hbond substituents is 1. The molecule has 6 nitrogen and oxygen atoms in total. The highest BCUT2D eigenvalue weighted by Crippen LogP contribution is 2.32. The largest absolute Gasteiger partial charge is 0.508 e. The van der Waals surface area contributed by atoms with Gasteiger partial charge in [-0.3, -0.25) is 4.79 Å². The predicted octanol–water partition coefficient (Wildman–Crippen LogP) is 4.98. The zero-order valence-corrected chi connectivity index (χ0v) is 15.8. The number of carbonyl (C=O) groups is 1. The molecule has 0 amide bonds. The third kappa shape index (κ3) is 4.98. The topological polar surface area (TPSA) is 87.1 Å². The second-order valence-electron chi connectivity index (χ2n) is 6.08. The molecule has 0 aliphatic heterocycles. The summed E-state index contributed by atoms with van der Waals surface area (Å²) in [5.41, 5.74) is 1.98. The minimum Gasteiger partial charge on any atom is -0.508 e. The fraction of sp³-hybridized carbons (Fsp3) is 0.150. The molecule has 1 heterocycles. The smallest absolute Gasteiger partial charge is 0.229 e. The average Bonchev–Trinajstić information content (AvgIpc) is 2.65. The molecule has 0 fully saturated rings. The van der Waals surface area contributed by atoms with E-state index in [-0.39, 0.29) is 5.75 Å². The molecule has 1 aromatic heterocycles. The van der Waals surface area contributed by atoms with Crippen molar-refractivity contribution in [3.05, 3.63) is 60.3 Å². The first-order chi connectivity index (χ1) is 13.0. The molecule has 2 aromatic carbocycles. The quantitative estimate of drug-likeness (QED) is 0.303. The Hall–Kier alpha value is -3.06. The number of aromatic nitrogens is 2. The fourth-order valence-corrected chi connectivity index (χ4v) is 3.28. The van der Waals surface area contributed by atoms with Gasteiger partial charge in [-0.2, -0.15) is 4.98 Å². The van der Waals surface area contributed by atoms with Crippen LogP contribution in [0.5, 0.6) is 5.75 Å². The van der Waals surface area contributed by atoms with Crippen molar-refractivity contribution in [2.45, 2.75) is 24.0 Å². The molecule has 3 rings (SSSR count). The van der Waals surface area contributed by atoms with Crippen LogP contribution < -0.4 is 10.6 Å². The van der Waals surface area contributed by atoms with E-state index in [0.717, 1.165) is 22.6 Å². The van der Waals surface area contributed by atoms with E-state index in [4.69, 9.17) is 0 Å². The number of rotatable bonds is 7. The summed E-state index contributed by atoms with van der Waals surface area (Å²) >= 11 is 1.73. The van der Waals surface area contributed by atoms with Crippen LogP contribution in [-0.4, -0.2) is 26.6 Å². The zero-order valence-electron chi connectivity index (χ0n) is 15.0. The third-order valence-corrected chi connectivity index (χ3v) is 4.65. The first kappa shape index (κ1) is 18.7. The van der Waals surface area contributed by atoms with Crippen LogP contribution in [0, 0.1) is 0 Å². The number of thioether (sulfide) groups is 1. The molecule has 0 bridgehead atoms. The Bertz CT molecular complexity index is 930. The maximum Gasteiger partial charge on any atom is 0.229 e. The van der Waals surface area contributed by atoms with Crippen LogP contribution in [0.25, 0.3) is 0 Å². The number of benzene rings is 2. The molecule has 0 unspecified atom stereocenters. The van der Waals surface area contributed by atoms with Gasteiger partial charge in [-0.25, -0.2) is 4.98 Å². The van der Waals surface area contributed by atoms with E-state index in [1.54, 1.807) is 36.0 Å². The van der Waals surface area contributed by atoms with Gasteiger partial charge in [0.25, 0.3) is 0 Å². The third-order valence-electron chi connectivity index (χ3n) is 3.57. The summed E-state index contributed by atoms with van der Waals surface area (Å²) in [7, 11) is 0. The average molecular weight is 380 g/mol. The van der Waals surface area contributed by atoms with Crippen LogP contribution >= 0.6 is 11.8 Å². The number of aromatic hydroxyl groups is 1. The minimum atomic E-state index is 0.180. The molecule has 0 radical (unpaired) electrons. The molecule has 0 atom stereocenters. The van der Waals surface area contributed by atoms with E-state index in [1.165, 1.54) is 6.20 Å². The van der Waals surface area contributed by atoms with Crippen LogP contribution in [-0.2, 0) is 0 Å². The van der Waals surface area contributed by atoms with E-state index in [0.29, 0.717) is 22.6 Å². The molecule has 0 aliphatic rings. The first-order valence-electron chi connectivity index (χ1n) is 8.46. The fourth-order valence-electron chi connectivity index (χ4n) is 2.37. The summed E-state index contributed by atoms with van der Waals surface area (Å²) in [6.45, 7) is 4.26. The predicted molar refractivity (Wildman–Crippen MR) is 110 cm³/mol. The molecule has 27 heavy (non-hydrogen) atoms. The summed E-state index contributed by atoms with van der Waals surface area (Å²) in [4.78, 5) is 21.1. The minimum absolute atomic E-state index is 0.180. The number of para-hydroxylation sites is 1. The second-order valence-corrected chi connectivity index (χ2v) is 7.69. The Kier molecular flexibility index (Phi) is 5.93. The summed E-state index contributed by atoms with van der Waals surface area (Å²) in [5, 5.41) is 16.1. The normalized spacial score (nSPS) is 10.6. The Morgan fingerprint density at radius 2 is 1.81 bits per heavy atom. The molecule has 0 saturated heterocycles. The monoisotopic (exact) mass is 380 g/mol. The van der Waals surface area contributed by atoms with Crippen LogP contribution in [0.2, 0.25) is 0 Å². The van der Waals surface area contributed by atoms with Crippen molar-refractivity contribution in [3.8, 4) is 5.75 Å². The molecule has 3 aromatic rings. The number of hydrogen-bond donors (Lipinski definition) is 3. The first-order valence-corrected chi connectivity index (χ1v) is 9.34. The van der Waals surface area contributed by atoms with E-state index in [9.17, 15) is 9.90 Å². The molecule has 0 aliphatic carbocycles. The van der Waals surface area contributed by atoms with Gasteiger partial charge in [0.1, 0.15) is 11.6 Å². The van der Waals surface area contributed by atoms with Crippen molar-refractivity contribution < 1.29 is 9.90 Å². The summed E-state index contributed by atoms with van der Waals surface area (Å²) in [6, 6.07) is 14.5. The van der Waals surface area contributed by atoms with Crippen molar-refractivity contribution in [3.63, 3.8) is 0 Å². The summed E-state index contributed by atoms with van der Waals surface area (Å²) < 4.78 is 0. The summed E-state index contributed by atoms with van der Waals surface area (Å²) in [5.74, 6) is 0.959. The number of nitrogens with zero attached hydrogens (tertiary/aromatic N) is 2. The van der Waals surface area contributed by atoms with E-state index >= 15 is 0 Å². The maximum absolute atomic E-state index is 11.4. The van der Waals surface area contributed by atoms with Gasteiger partial charge in [0.05, 0.1) is 11.3 Å². The van der Waals surface area contributed by atoms with Gasteiger partial charge in [0, 0.05) is 22.0 Å². The van der Waals surface area contributed by atoms with Crippen LogP contribution in [0.1, 0.15) is 24.2 Å². The standard InChI is InChI=1S/C20H20N4O2S/c1-13(2)27-18-6-4-3-5-17(18)23-19-14(12-25)11-21-20(24-19)22-15-7-9-16(26)10-8-15/h3-13,26H,1-2H3,(H2,21,22,23,24). The highest BCUT2D eigenvalue weighted by Gasteiger charge is 2.11. The molecule has 0 spiro atoms. The molecule has 3 N–H and O–H groups in total. The van der Waals surface area contributed by atoms with E-state index in [1.807, 2.05) is 24.3 Å². The molecule has 138 valence electrons. The SMILES string of the molecule is CC(C)Sc1ccccc1Nc1nc(Nc2ccc(O)cc2)ncc1C=O. The van der Waals surface area contributed by atoms with Gasteiger partial charge in [-0.1, -0.05) is 26.0 Å². The van der Waals surface area contributed by atoms with Crippen LogP contribution in [0.15, 0.2) is 59.6 Å². The molecule has 0 saturated carbocycles. The highest BCUT2D eigenvalue weighted by atomic mass is 32.2. The van der Waals surface area contributed by atoms with Crippen molar-refractivity contribution in [1.29, 1.82) is 0 Å². The lowest BCUT2D eigenvalue weighted by Gasteiger charge is -2.14. The van der Waals surface area contributed by atoms with E-state index in [2.05, 4.69) is 34.4 Å². The lowest BCUT2D eigenvalue weighted by molar-refractivity contribution is 0.112. The van der Waals surface area contributed by atoms with Crippen molar-refractivity contribution in [2.75, 3.05) is 10.6 Å². The second kappa shape index (κ2) is 8.55. The molecular weight excluding hydrogens is 360 g/mol. The van der Waals surface area contributed by atoms with Gasteiger partial charge in [-0.15, -0.1) is 11.8 Å². The Labute approximate surface area is 162 Å². The molecular formula is C20H20N4O2S. The van der Waals surface area contributed by atoms with Gasteiger partial charge < -0.3 is 15.7 Å². The Balaban J connectivity index is 1.88. The van der Waals surface area contributed by atoms with Crippen molar-refractivity contribution in [2.24, 2.45) is 0 Å². The lowest BCUT2D eigenvalue weighted by atomic mass is 10.3. The number of carbonyl (C=O) groups excluding carboxylic acids is 1. The Morgan fingerprint density at radius 1 is 1.07 bits per heavy atom.